The van der Waals surface area contributed by atoms with Crippen LogP contribution in [0.25, 0.3) is 11.4 Å². The summed E-state index contributed by atoms with van der Waals surface area (Å²) in [6.07, 6.45) is 4.43. The average Bonchev–Trinajstić information content (AvgIpc) is 3.37. The van der Waals surface area contributed by atoms with Crippen molar-refractivity contribution >= 4 is 23.4 Å². The summed E-state index contributed by atoms with van der Waals surface area (Å²) in [5.74, 6) is 2.54. The van der Waals surface area contributed by atoms with Gasteiger partial charge in [-0.2, -0.15) is 0 Å². The number of thioether (sulfide) groups is 1. The molecule has 2 aromatic heterocycles. The second-order valence-corrected chi connectivity index (χ2v) is 8.73. The Bertz CT molecular complexity index is 1160. The monoisotopic (exact) mass is 436 g/mol. The van der Waals surface area contributed by atoms with E-state index in [-0.39, 0.29) is 0 Å². The SMILES string of the molecule is Clc1ccccc1-c1nnc(SCc2noc3c2CCCC3)n1Cc1ccccc1. The van der Waals surface area contributed by atoms with Crippen molar-refractivity contribution in [3.63, 3.8) is 0 Å². The first-order chi connectivity index (χ1) is 14.8. The molecule has 1 aliphatic rings. The maximum absolute atomic E-state index is 6.47. The van der Waals surface area contributed by atoms with Crippen LogP contribution in [-0.4, -0.2) is 19.9 Å². The Morgan fingerprint density at radius 2 is 1.77 bits per heavy atom. The largest absolute Gasteiger partial charge is 0.361 e. The van der Waals surface area contributed by atoms with Gasteiger partial charge in [-0.3, -0.25) is 4.57 Å². The third-order valence-electron chi connectivity index (χ3n) is 5.38. The molecule has 1 aliphatic carbocycles. The second-order valence-electron chi connectivity index (χ2n) is 7.38. The van der Waals surface area contributed by atoms with Crippen LogP contribution in [0.1, 0.15) is 35.4 Å². The molecular weight excluding hydrogens is 416 g/mol. The molecule has 0 saturated carbocycles. The summed E-state index contributed by atoms with van der Waals surface area (Å²) < 4.78 is 7.70. The second kappa shape index (κ2) is 8.66. The molecule has 0 radical (unpaired) electrons. The highest BCUT2D eigenvalue weighted by Gasteiger charge is 2.21. The zero-order chi connectivity index (χ0) is 20.3. The lowest BCUT2D eigenvalue weighted by molar-refractivity contribution is 0.369. The lowest BCUT2D eigenvalue weighted by Gasteiger charge is -2.12. The fourth-order valence-electron chi connectivity index (χ4n) is 3.84. The first-order valence-corrected chi connectivity index (χ1v) is 11.5. The number of rotatable bonds is 6. The van der Waals surface area contributed by atoms with E-state index >= 15 is 0 Å². The van der Waals surface area contributed by atoms with E-state index in [0.717, 1.165) is 40.8 Å². The van der Waals surface area contributed by atoms with Crippen LogP contribution in [0.15, 0.2) is 64.3 Å². The molecule has 0 spiro atoms. The summed E-state index contributed by atoms with van der Waals surface area (Å²) in [6, 6.07) is 18.1. The van der Waals surface area contributed by atoms with Crippen LogP contribution >= 0.6 is 23.4 Å². The van der Waals surface area contributed by atoms with Crippen molar-refractivity contribution in [3.05, 3.63) is 82.2 Å². The lowest BCUT2D eigenvalue weighted by Crippen LogP contribution is -2.05. The van der Waals surface area contributed by atoms with Crippen LogP contribution in [0, 0.1) is 0 Å². The third kappa shape index (κ3) is 3.89. The van der Waals surface area contributed by atoms with Gasteiger partial charge in [0.2, 0.25) is 0 Å². The predicted molar refractivity (Wildman–Crippen MR) is 119 cm³/mol. The Balaban J connectivity index is 1.47. The maximum atomic E-state index is 6.47. The van der Waals surface area contributed by atoms with Crippen molar-refractivity contribution < 1.29 is 4.52 Å². The van der Waals surface area contributed by atoms with Gasteiger partial charge in [-0.25, -0.2) is 0 Å². The van der Waals surface area contributed by atoms with Crippen LogP contribution in [0.2, 0.25) is 5.02 Å². The van der Waals surface area contributed by atoms with Gasteiger partial charge in [0, 0.05) is 23.3 Å². The van der Waals surface area contributed by atoms with Gasteiger partial charge in [-0.15, -0.1) is 10.2 Å². The van der Waals surface area contributed by atoms with Gasteiger partial charge < -0.3 is 4.52 Å². The van der Waals surface area contributed by atoms with Crippen molar-refractivity contribution in [2.45, 2.75) is 43.1 Å². The highest BCUT2D eigenvalue weighted by molar-refractivity contribution is 7.98. The molecule has 152 valence electrons. The minimum atomic E-state index is 0.668. The third-order valence-corrected chi connectivity index (χ3v) is 6.69. The number of benzene rings is 2. The smallest absolute Gasteiger partial charge is 0.192 e. The topological polar surface area (TPSA) is 56.7 Å². The van der Waals surface area contributed by atoms with E-state index in [1.54, 1.807) is 11.8 Å². The van der Waals surface area contributed by atoms with Crippen molar-refractivity contribution in [2.24, 2.45) is 0 Å². The highest BCUT2D eigenvalue weighted by Crippen LogP contribution is 2.33. The molecule has 0 amide bonds. The Labute approximate surface area is 184 Å². The van der Waals surface area contributed by atoms with Crippen molar-refractivity contribution in [3.8, 4) is 11.4 Å². The van der Waals surface area contributed by atoms with E-state index in [2.05, 4.69) is 32.1 Å². The molecule has 2 aromatic carbocycles. The molecule has 0 N–H and O–H groups in total. The number of nitrogens with zero attached hydrogens (tertiary/aromatic N) is 4. The molecule has 0 atom stereocenters. The molecule has 0 fully saturated rings. The number of hydrogen-bond acceptors (Lipinski definition) is 5. The van der Waals surface area contributed by atoms with Gasteiger partial charge >= 0.3 is 0 Å². The molecule has 0 saturated heterocycles. The Morgan fingerprint density at radius 3 is 2.63 bits per heavy atom. The standard InChI is InChI=1S/C23H21ClN4OS/c24-19-12-6-4-10-17(19)22-25-26-23(28(22)14-16-8-2-1-3-9-16)30-15-20-18-11-5-7-13-21(18)29-27-20/h1-4,6,8-10,12H,5,7,11,13-15H2. The fraction of sp³-hybridized carbons (Fsp3) is 0.261. The summed E-state index contributed by atoms with van der Waals surface area (Å²) in [7, 11) is 0. The number of halogens is 1. The minimum Gasteiger partial charge on any atom is -0.361 e. The molecule has 7 heteroatoms. The molecule has 2 heterocycles. The average molecular weight is 437 g/mol. The van der Waals surface area contributed by atoms with E-state index in [1.165, 1.54) is 24.0 Å². The van der Waals surface area contributed by atoms with Gasteiger partial charge in [-0.1, -0.05) is 71.0 Å². The number of aryl methyl sites for hydroxylation is 1. The van der Waals surface area contributed by atoms with E-state index in [0.29, 0.717) is 17.3 Å². The van der Waals surface area contributed by atoms with Gasteiger partial charge in [-0.05, 0) is 37.0 Å². The first kappa shape index (κ1) is 19.4. The van der Waals surface area contributed by atoms with Crippen molar-refractivity contribution in [1.82, 2.24) is 19.9 Å². The zero-order valence-electron chi connectivity index (χ0n) is 16.4. The van der Waals surface area contributed by atoms with Gasteiger partial charge in [0.05, 0.1) is 17.3 Å². The summed E-state index contributed by atoms with van der Waals surface area (Å²) in [5.41, 5.74) is 4.39. The molecule has 5 nitrogen and oxygen atoms in total. The van der Waals surface area contributed by atoms with Gasteiger partial charge in [0.15, 0.2) is 11.0 Å². The Hall–Kier alpha value is -2.57. The molecule has 5 rings (SSSR count). The molecule has 0 bridgehead atoms. The zero-order valence-corrected chi connectivity index (χ0v) is 18.0. The van der Waals surface area contributed by atoms with Crippen molar-refractivity contribution in [1.29, 1.82) is 0 Å². The molecule has 30 heavy (non-hydrogen) atoms. The molecular formula is C23H21ClN4OS. The van der Waals surface area contributed by atoms with Crippen LogP contribution in [0.3, 0.4) is 0 Å². The number of fused-ring (bicyclic) bond motifs is 1. The summed E-state index contributed by atoms with van der Waals surface area (Å²) in [4.78, 5) is 0. The quantitative estimate of drug-likeness (QED) is 0.357. The summed E-state index contributed by atoms with van der Waals surface area (Å²) in [6.45, 7) is 0.674. The van der Waals surface area contributed by atoms with Gasteiger partial charge in [0.25, 0.3) is 0 Å². The minimum absolute atomic E-state index is 0.668. The fourth-order valence-corrected chi connectivity index (χ4v) is 4.96. The van der Waals surface area contributed by atoms with Crippen LogP contribution in [0.5, 0.6) is 0 Å². The van der Waals surface area contributed by atoms with E-state index in [9.17, 15) is 0 Å². The van der Waals surface area contributed by atoms with Crippen LogP contribution in [0.4, 0.5) is 0 Å². The van der Waals surface area contributed by atoms with Crippen molar-refractivity contribution in [2.75, 3.05) is 0 Å². The molecule has 0 aliphatic heterocycles. The van der Waals surface area contributed by atoms with E-state index in [1.807, 2.05) is 42.5 Å². The van der Waals surface area contributed by atoms with Gasteiger partial charge in [0.1, 0.15) is 5.76 Å². The van der Waals surface area contributed by atoms with E-state index in [4.69, 9.17) is 16.1 Å². The highest BCUT2D eigenvalue weighted by atomic mass is 35.5. The number of hydrogen-bond donors (Lipinski definition) is 0. The van der Waals surface area contributed by atoms with Crippen LogP contribution in [-0.2, 0) is 25.1 Å². The summed E-state index contributed by atoms with van der Waals surface area (Å²) >= 11 is 8.11. The van der Waals surface area contributed by atoms with E-state index < -0.39 is 0 Å². The lowest BCUT2D eigenvalue weighted by atomic mass is 9.97. The Morgan fingerprint density at radius 1 is 0.967 bits per heavy atom. The van der Waals surface area contributed by atoms with Crippen LogP contribution < -0.4 is 0 Å². The Kier molecular flexibility index (Phi) is 5.60. The normalized spacial score (nSPS) is 13.4. The summed E-state index contributed by atoms with van der Waals surface area (Å²) in [5, 5.41) is 14.8. The first-order valence-electron chi connectivity index (χ1n) is 10.1. The maximum Gasteiger partial charge on any atom is 0.192 e. The molecule has 0 unspecified atom stereocenters. The number of aromatic nitrogens is 4. The molecule has 4 aromatic rings. The predicted octanol–water partition coefficient (Wildman–Crippen LogP) is 5.81.